The Labute approximate surface area is 220 Å². The second-order valence-electron chi connectivity index (χ2n) is 8.94. The maximum absolute atomic E-state index is 13.5. The molecule has 1 fully saturated rings. The molecule has 0 unspecified atom stereocenters. The topological polar surface area (TPSA) is 70.6 Å². The normalized spacial score (nSPS) is 14.3. The number of nitrogens with zero attached hydrogens (tertiary/aromatic N) is 4. The van der Waals surface area contributed by atoms with E-state index in [1.165, 1.54) is 20.4 Å². The predicted molar refractivity (Wildman–Crippen MR) is 131 cm³/mol. The van der Waals surface area contributed by atoms with Crippen LogP contribution in [0, 0.1) is 0 Å². The van der Waals surface area contributed by atoms with Gasteiger partial charge in [-0.15, -0.1) is 0 Å². The van der Waals surface area contributed by atoms with Gasteiger partial charge in [0.05, 0.1) is 29.5 Å². The van der Waals surface area contributed by atoms with Gasteiger partial charge in [0.2, 0.25) is 5.95 Å². The molecule has 0 radical (unpaired) electrons. The zero-order valence-electron chi connectivity index (χ0n) is 21.0. The number of methoxy groups -OCH3 is 1. The zero-order chi connectivity index (χ0) is 28.4. The molecule has 2 heterocycles. The summed E-state index contributed by atoms with van der Waals surface area (Å²) in [7, 11) is 2.74. The van der Waals surface area contributed by atoms with E-state index in [1.54, 1.807) is 24.3 Å². The summed E-state index contributed by atoms with van der Waals surface area (Å²) in [6, 6.07) is 8.09. The lowest BCUT2D eigenvalue weighted by Gasteiger charge is -2.28. The predicted octanol–water partition coefficient (Wildman–Crippen LogP) is 4.87. The molecule has 0 bridgehead atoms. The SMILES string of the molecule is COc1ccccc1-c1nc(N2CCNCC2)ncc1C(=O)N(C)Cc1cc(C(F)(F)F)cc(C(F)(F)F)c1. The van der Waals surface area contributed by atoms with Crippen LogP contribution in [-0.4, -0.2) is 61.1 Å². The summed E-state index contributed by atoms with van der Waals surface area (Å²) in [4.78, 5) is 25.5. The fourth-order valence-corrected chi connectivity index (χ4v) is 4.25. The molecule has 0 spiro atoms. The van der Waals surface area contributed by atoms with Gasteiger partial charge in [-0.25, -0.2) is 9.97 Å². The van der Waals surface area contributed by atoms with Gasteiger partial charge < -0.3 is 19.9 Å². The Hall–Kier alpha value is -3.87. The number of carbonyl (C=O) groups is 1. The highest BCUT2D eigenvalue weighted by atomic mass is 19.4. The number of aromatic nitrogens is 2. The van der Waals surface area contributed by atoms with E-state index in [0.29, 0.717) is 55.6 Å². The van der Waals surface area contributed by atoms with Gasteiger partial charge >= 0.3 is 12.4 Å². The Bertz CT molecular complexity index is 1310. The summed E-state index contributed by atoms with van der Waals surface area (Å²) < 4.78 is 85.3. The van der Waals surface area contributed by atoms with E-state index in [2.05, 4.69) is 15.3 Å². The van der Waals surface area contributed by atoms with E-state index in [9.17, 15) is 31.1 Å². The van der Waals surface area contributed by atoms with Gasteiger partial charge in [-0.05, 0) is 35.9 Å². The van der Waals surface area contributed by atoms with Crippen LogP contribution in [0.5, 0.6) is 5.75 Å². The maximum atomic E-state index is 13.5. The van der Waals surface area contributed by atoms with Crippen molar-refractivity contribution in [1.82, 2.24) is 20.2 Å². The van der Waals surface area contributed by atoms with E-state index in [0.717, 1.165) is 4.90 Å². The van der Waals surface area contributed by atoms with E-state index in [4.69, 9.17) is 4.74 Å². The highest BCUT2D eigenvalue weighted by Gasteiger charge is 2.37. The molecule has 1 aliphatic rings. The summed E-state index contributed by atoms with van der Waals surface area (Å²) in [5.41, 5.74) is -2.51. The van der Waals surface area contributed by atoms with Gasteiger partial charge in [0, 0.05) is 51.5 Å². The van der Waals surface area contributed by atoms with Crippen molar-refractivity contribution in [2.24, 2.45) is 0 Å². The molecule has 1 amide bonds. The number of anilines is 1. The van der Waals surface area contributed by atoms with Crippen LogP contribution >= 0.6 is 0 Å². The number of benzene rings is 2. The summed E-state index contributed by atoms with van der Waals surface area (Å²) in [6.07, 6.45) is -8.68. The molecule has 39 heavy (non-hydrogen) atoms. The lowest BCUT2D eigenvalue weighted by Crippen LogP contribution is -2.44. The van der Waals surface area contributed by atoms with Crippen molar-refractivity contribution in [3.8, 4) is 17.0 Å². The number of piperazine rings is 1. The average molecular weight is 554 g/mol. The minimum absolute atomic E-state index is 0.0175. The number of halogens is 6. The van der Waals surface area contributed by atoms with Crippen molar-refractivity contribution in [3.05, 3.63) is 70.9 Å². The summed E-state index contributed by atoms with van der Waals surface area (Å²) in [6.45, 7) is 2.18. The largest absolute Gasteiger partial charge is 0.496 e. The van der Waals surface area contributed by atoms with Gasteiger partial charge in [0.1, 0.15) is 5.75 Å². The number of para-hydroxylation sites is 1. The Balaban J connectivity index is 1.73. The van der Waals surface area contributed by atoms with Crippen LogP contribution in [0.3, 0.4) is 0 Å². The molecule has 13 heteroatoms. The van der Waals surface area contributed by atoms with Crippen LogP contribution in [0.1, 0.15) is 27.0 Å². The molecule has 1 N–H and O–H groups in total. The first kappa shape index (κ1) is 28.1. The van der Waals surface area contributed by atoms with Crippen molar-refractivity contribution >= 4 is 11.9 Å². The summed E-state index contributed by atoms with van der Waals surface area (Å²) in [5.74, 6) is 0.116. The van der Waals surface area contributed by atoms with Crippen molar-refractivity contribution in [2.45, 2.75) is 18.9 Å². The number of amides is 1. The van der Waals surface area contributed by atoms with Crippen molar-refractivity contribution in [2.75, 3.05) is 45.2 Å². The van der Waals surface area contributed by atoms with Gasteiger partial charge in [-0.2, -0.15) is 26.3 Å². The second kappa shape index (κ2) is 11.1. The molecule has 208 valence electrons. The van der Waals surface area contributed by atoms with Crippen LogP contribution in [-0.2, 0) is 18.9 Å². The Morgan fingerprint density at radius 3 is 2.23 bits per heavy atom. The van der Waals surface area contributed by atoms with E-state index >= 15 is 0 Å². The molecule has 3 aromatic rings. The number of hydrogen-bond acceptors (Lipinski definition) is 6. The molecule has 4 rings (SSSR count). The molecule has 0 atom stereocenters. The molecule has 1 saturated heterocycles. The van der Waals surface area contributed by atoms with Gasteiger partial charge in [-0.3, -0.25) is 4.79 Å². The van der Waals surface area contributed by atoms with Crippen LogP contribution in [0.2, 0.25) is 0 Å². The van der Waals surface area contributed by atoms with Crippen molar-refractivity contribution < 1.29 is 35.9 Å². The molecule has 1 aliphatic heterocycles. The van der Waals surface area contributed by atoms with Gasteiger partial charge in [-0.1, -0.05) is 12.1 Å². The van der Waals surface area contributed by atoms with E-state index < -0.39 is 35.9 Å². The monoisotopic (exact) mass is 553 g/mol. The number of rotatable bonds is 6. The van der Waals surface area contributed by atoms with Crippen LogP contribution in [0.15, 0.2) is 48.7 Å². The van der Waals surface area contributed by atoms with Crippen LogP contribution in [0.4, 0.5) is 32.3 Å². The lowest BCUT2D eigenvalue weighted by molar-refractivity contribution is -0.143. The lowest BCUT2D eigenvalue weighted by atomic mass is 10.0. The average Bonchev–Trinajstić information content (AvgIpc) is 2.91. The molecule has 2 aromatic carbocycles. The molecular formula is C26H25F6N5O2. The van der Waals surface area contributed by atoms with Gasteiger partial charge in [0.15, 0.2) is 0 Å². The number of ether oxygens (including phenoxy) is 1. The third-order valence-electron chi connectivity index (χ3n) is 6.18. The van der Waals surface area contributed by atoms with Crippen LogP contribution in [0.25, 0.3) is 11.3 Å². The second-order valence-corrected chi connectivity index (χ2v) is 8.94. The summed E-state index contributed by atoms with van der Waals surface area (Å²) in [5, 5.41) is 3.22. The number of nitrogens with one attached hydrogen (secondary N) is 1. The van der Waals surface area contributed by atoms with Crippen molar-refractivity contribution in [1.29, 1.82) is 0 Å². The first-order chi connectivity index (χ1) is 18.4. The van der Waals surface area contributed by atoms with Crippen LogP contribution < -0.4 is 15.0 Å². The van der Waals surface area contributed by atoms with E-state index in [1.807, 2.05) is 4.90 Å². The summed E-state index contributed by atoms with van der Waals surface area (Å²) >= 11 is 0. The Morgan fingerprint density at radius 2 is 1.64 bits per heavy atom. The maximum Gasteiger partial charge on any atom is 0.416 e. The highest BCUT2D eigenvalue weighted by Crippen LogP contribution is 2.37. The standard InChI is InChI=1S/C26H25F6N5O2/c1-36(15-16-11-17(25(27,28)29)13-18(12-16)26(30,31)32)23(38)20-14-34-24(37-9-7-33-8-10-37)35-22(20)19-5-3-4-6-21(19)39-2/h3-6,11-14,33H,7-10,15H2,1-2H3. The number of alkyl halides is 6. The molecule has 7 nitrogen and oxygen atoms in total. The third kappa shape index (κ3) is 6.41. The molecule has 0 saturated carbocycles. The minimum atomic E-state index is -5.00. The minimum Gasteiger partial charge on any atom is -0.496 e. The molecule has 0 aliphatic carbocycles. The highest BCUT2D eigenvalue weighted by molar-refractivity contribution is 6.00. The smallest absolute Gasteiger partial charge is 0.416 e. The first-order valence-electron chi connectivity index (χ1n) is 11.9. The van der Waals surface area contributed by atoms with E-state index in [-0.39, 0.29) is 22.9 Å². The first-order valence-corrected chi connectivity index (χ1v) is 11.9. The fourth-order valence-electron chi connectivity index (χ4n) is 4.25. The molecule has 1 aromatic heterocycles. The van der Waals surface area contributed by atoms with Crippen molar-refractivity contribution in [3.63, 3.8) is 0 Å². The Morgan fingerprint density at radius 1 is 1.03 bits per heavy atom. The Kier molecular flexibility index (Phi) is 8.00. The zero-order valence-corrected chi connectivity index (χ0v) is 21.0. The molecular weight excluding hydrogens is 528 g/mol. The number of carbonyl (C=O) groups excluding carboxylic acids is 1. The van der Waals surface area contributed by atoms with Gasteiger partial charge in [0.25, 0.3) is 5.91 Å². The third-order valence-corrected chi connectivity index (χ3v) is 6.18. The fraction of sp³-hybridized carbons (Fsp3) is 0.346. The quantitative estimate of drug-likeness (QED) is 0.440. The number of hydrogen-bond donors (Lipinski definition) is 1.